The molecule has 0 heterocycles. The van der Waals surface area contributed by atoms with Gasteiger partial charge in [0.25, 0.3) is 0 Å². The van der Waals surface area contributed by atoms with Crippen molar-refractivity contribution in [2.75, 3.05) is 18.5 Å². The molecule has 22 heavy (non-hydrogen) atoms. The van der Waals surface area contributed by atoms with E-state index in [0.29, 0.717) is 0 Å². The van der Waals surface area contributed by atoms with Gasteiger partial charge >= 0.3 is 5.97 Å². The van der Waals surface area contributed by atoms with Gasteiger partial charge in [-0.3, -0.25) is 4.79 Å². The van der Waals surface area contributed by atoms with E-state index in [4.69, 9.17) is 4.74 Å². The van der Waals surface area contributed by atoms with Crippen LogP contribution in [0.1, 0.15) is 16.7 Å². The van der Waals surface area contributed by atoms with Crippen LogP contribution in [0, 0.1) is 13.8 Å². The molecule has 0 radical (unpaired) electrons. The van der Waals surface area contributed by atoms with Gasteiger partial charge in [-0.25, -0.2) is 0 Å². The average Bonchev–Trinajstić information content (AvgIpc) is 2.52. The summed E-state index contributed by atoms with van der Waals surface area (Å²) in [5.41, 5.74) is 4.38. The molecule has 0 saturated carbocycles. The van der Waals surface area contributed by atoms with Crippen LogP contribution in [0.15, 0.2) is 54.6 Å². The fraction of sp³-hybridized carbons (Fsp3) is 0.211. The Morgan fingerprint density at radius 1 is 1.14 bits per heavy atom. The van der Waals surface area contributed by atoms with Crippen molar-refractivity contribution in [3.8, 4) is 0 Å². The van der Waals surface area contributed by atoms with Crippen molar-refractivity contribution in [1.82, 2.24) is 0 Å². The van der Waals surface area contributed by atoms with E-state index >= 15 is 0 Å². The number of hydrogen-bond donors (Lipinski definition) is 1. The second-order valence-electron chi connectivity index (χ2n) is 5.17. The Labute approximate surface area is 131 Å². The Balaban J connectivity index is 1.73. The summed E-state index contributed by atoms with van der Waals surface area (Å²) in [6.45, 7) is 4.51. The van der Waals surface area contributed by atoms with Crippen molar-refractivity contribution in [3.05, 3.63) is 71.3 Å². The summed E-state index contributed by atoms with van der Waals surface area (Å²) in [5.74, 6) is -0.266. The van der Waals surface area contributed by atoms with E-state index < -0.39 is 0 Å². The maximum atomic E-state index is 11.7. The number of benzene rings is 2. The molecule has 114 valence electrons. The average molecular weight is 295 g/mol. The quantitative estimate of drug-likeness (QED) is 0.819. The highest BCUT2D eigenvalue weighted by atomic mass is 16.5. The number of carbonyl (C=O) groups excluding carboxylic acids is 1. The van der Waals surface area contributed by atoms with E-state index in [2.05, 4.69) is 11.4 Å². The van der Waals surface area contributed by atoms with Crippen molar-refractivity contribution in [2.45, 2.75) is 13.8 Å². The number of aryl methyl sites for hydroxylation is 2. The van der Waals surface area contributed by atoms with Gasteiger partial charge in [0.2, 0.25) is 0 Å². The molecule has 0 bridgehead atoms. The maximum absolute atomic E-state index is 11.7. The first-order valence-corrected chi connectivity index (χ1v) is 7.33. The van der Waals surface area contributed by atoms with Crippen LogP contribution in [0.2, 0.25) is 0 Å². The standard InChI is InChI=1S/C19H21NO2/c1-15-10-11-18(16(2)13-15)20-14-19(21)22-12-6-9-17-7-4-3-5-8-17/h3-11,13,20H,12,14H2,1-2H3/b9-6+. The largest absolute Gasteiger partial charge is 0.460 e. The lowest BCUT2D eigenvalue weighted by molar-refractivity contribution is -0.140. The molecule has 0 saturated heterocycles. The Bertz CT molecular complexity index is 648. The number of nitrogens with one attached hydrogen (secondary N) is 1. The Hall–Kier alpha value is -2.55. The molecular weight excluding hydrogens is 274 g/mol. The fourth-order valence-corrected chi connectivity index (χ4v) is 2.12. The number of carbonyl (C=O) groups is 1. The predicted octanol–water partition coefficient (Wildman–Crippen LogP) is 3.97. The van der Waals surface area contributed by atoms with Crippen LogP contribution in [0.3, 0.4) is 0 Å². The molecule has 0 aromatic heterocycles. The maximum Gasteiger partial charge on any atom is 0.325 e. The molecule has 0 aliphatic carbocycles. The second kappa shape index (κ2) is 8.03. The second-order valence-corrected chi connectivity index (χ2v) is 5.17. The molecule has 0 unspecified atom stereocenters. The Morgan fingerprint density at radius 2 is 1.91 bits per heavy atom. The summed E-state index contributed by atoms with van der Waals surface area (Å²) in [7, 11) is 0. The molecule has 0 fully saturated rings. The highest BCUT2D eigenvalue weighted by Crippen LogP contribution is 2.15. The third-order valence-corrected chi connectivity index (χ3v) is 3.26. The molecule has 3 nitrogen and oxygen atoms in total. The molecular formula is C19H21NO2. The molecule has 2 aromatic carbocycles. The molecule has 1 N–H and O–H groups in total. The Kier molecular flexibility index (Phi) is 5.78. The van der Waals surface area contributed by atoms with Gasteiger partial charge in [0.15, 0.2) is 0 Å². The lowest BCUT2D eigenvalue weighted by Gasteiger charge is -2.09. The molecule has 0 amide bonds. The summed E-state index contributed by atoms with van der Waals surface area (Å²) < 4.78 is 5.16. The third kappa shape index (κ3) is 5.09. The number of ether oxygens (including phenoxy) is 1. The smallest absolute Gasteiger partial charge is 0.325 e. The zero-order valence-electron chi connectivity index (χ0n) is 13.0. The first kappa shape index (κ1) is 15.8. The zero-order chi connectivity index (χ0) is 15.8. The van der Waals surface area contributed by atoms with Gasteiger partial charge in [-0.15, -0.1) is 0 Å². The van der Waals surface area contributed by atoms with Crippen LogP contribution in [0.4, 0.5) is 5.69 Å². The van der Waals surface area contributed by atoms with Crippen molar-refractivity contribution >= 4 is 17.7 Å². The van der Waals surface area contributed by atoms with E-state index in [1.165, 1.54) is 5.56 Å². The molecule has 3 heteroatoms. The highest BCUT2D eigenvalue weighted by molar-refractivity contribution is 5.75. The topological polar surface area (TPSA) is 38.3 Å². The highest BCUT2D eigenvalue weighted by Gasteiger charge is 2.03. The minimum Gasteiger partial charge on any atom is -0.460 e. The van der Waals surface area contributed by atoms with Gasteiger partial charge < -0.3 is 10.1 Å². The van der Waals surface area contributed by atoms with Crippen molar-refractivity contribution in [3.63, 3.8) is 0 Å². The SMILES string of the molecule is Cc1ccc(NCC(=O)OC/C=C/c2ccccc2)c(C)c1. The van der Waals surface area contributed by atoms with Crippen LogP contribution in [-0.2, 0) is 9.53 Å². The predicted molar refractivity (Wildman–Crippen MR) is 90.8 cm³/mol. The van der Waals surface area contributed by atoms with Gasteiger partial charge in [-0.2, -0.15) is 0 Å². The number of esters is 1. The molecule has 2 aromatic rings. The minimum absolute atomic E-state index is 0.170. The normalized spacial score (nSPS) is 10.6. The van der Waals surface area contributed by atoms with E-state index in [-0.39, 0.29) is 19.1 Å². The summed E-state index contributed by atoms with van der Waals surface area (Å²) >= 11 is 0. The first-order valence-electron chi connectivity index (χ1n) is 7.33. The fourth-order valence-electron chi connectivity index (χ4n) is 2.12. The lowest BCUT2D eigenvalue weighted by Crippen LogP contribution is -2.17. The van der Waals surface area contributed by atoms with Gasteiger partial charge in [-0.05, 0) is 37.1 Å². The van der Waals surface area contributed by atoms with Crippen LogP contribution in [0.5, 0.6) is 0 Å². The van der Waals surface area contributed by atoms with Crippen LogP contribution in [0.25, 0.3) is 6.08 Å². The third-order valence-electron chi connectivity index (χ3n) is 3.26. The molecule has 0 atom stereocenters. The summed E-state index contributed by atoms with van der Waals surface area (Å²) in [5, 5.41) is 3.10. The van der Waals surface area contributed by atoms with E-state index in [0.717, 1.165) is 16.8 Å². The number of hydrogen-bond acceptors (Lipinski definition) is 3. The van der Waals surface area contributed by atoms with Crippen LogP contribution >= 0.6 is 0 Å². The lowest BCUT2D eigenvalue weighted by atomic mass is 10.1. The van der Waals surface area contributed by atoms with Gasteiger partial charge in [0.05, 0.1) is 0 Å². The van der Waals surface area contributed by atoms with Crippen LogP contribution in [-0.4, -0.2) is 19.1 Å². The summed E-state index contributed by atoms with van der Waals surface area (Å²) in [4.78, 5) is 11.7. The zero-order valence-corrected chi connectivity index (χ0v) is 13.0. The molecule has 0 aliphatic rings. The van der Waals surface area contributed by atoms with Gasteiger partial charge in [0.1, 0.15) is 13.2 Å². The Morgan fingerprint density at radius 3 is 2.64 bits per heavy atom. The first-order chi connectivity index (χ1) is 10.6. The summed E-state index contributed by atoms with van der Waals surface area (Å²) in [6, 6.07) is 16.0. The molecule has 0 spiro atoms. The van der Waals surface area contributed by atoms with Gasteiger partial charge in [-0.1, -0.05) is 54.1 Å². The van der Waals surface area contributed by atoms with E-state index in [9.17, 15) is 4.79 Å². The van der Waals surface area contributed by atoms with Crippen molar-refractivity contribution < 1.29 is 9.53 Å². The monoisotopic (exact) mass is 295 g/mol. The van der Waals surface area contributed by atoms with Crippen molar-refractivity contribution in [1.29, 1.82) is 0 Å². The van der Waals surface area contributed by atoms with Gasteiger partial charge in [0, 0.05) is 5.69 Å². The van der Waals surface area contributed by atoms with Crippen molar-refractivity contribution in [2.24, 2.45) is 0 Å². The van der Waals surface area contributed by atoms with E-state index in [1.807, 2.05) is 68.5 Å². The minimum atomic E-state index is -0.266. The number of anilines is 1. The van der Waals surface area contributed by atoms with Crippen LogP contribution < -0.4 is 5.32 Å². The molecule has 2 rings (SSSR count). The molecule has 0 aliphatic heterocycles. The number of rotatable bonds is 6. The van der Waals surface area contributed by atoms with E-state index in [1.54, 1.807) is 0 Å². The summed E-state index contributed by atoms with van der Waals surface area (Å²) in [6.07, 6.45) is 3.77.